The van der Waals surface area contributed by atoms with E-state index in [4.69, 9.17) is 0 Å². The van der Waals surface area contributed by atoms with Gasteiger partial charge in [-0.25, -0.2) is 0 Å². The first kappa shape index (κ1) is 11.9. The third-order valence-electron chi connectivity index (χ3n) is 4.04. The van der Waals surface area contributed by atoms with E-state index in [9.17, 15) is 4.79 Å². The first-order valence-electron chi connectivity index (χ1n) is 6.60. The smallest absolute Gasteiger partial charge is 0.222 e. The van der Waals surface area contributed by atoms with Gasteiger partial charge < -0.3 is 10.2 Å². The standard InChI is InChI=1S/C13H24N2O/c1-11(2)9-12(16)15-8-5-13(10-15)3-6-14-7-4-13/h11,14H,3-10H2,1-2H3. The van der Waals surface area contributed by atoms with E-state index in [0.717, 1.165) is 26.2 Å². The van der Waals surface area contributed by atoms with Crippen molar-refractivity contribution in [3.63, 3.8) is 0 Å². The summed E-state index contributed by atoms with van der Waals surface area (Å²) in [6.45, 7) is 8.51. The zero-order chi connectivity index (χ0) is 11.6. The zero-order valence-electron chi connectivity index (χ0n) is 10.6. The molecule has 0 bridgehead atoms. The van der Waals surface area contributed by atoms with Crippen LogP contribution in [0.15, 0.2) is 0 Å². The van der Waals surface area contributed by atoms with E-state index in [1.165, 1.54) is 19.3 Å². The number of hydrogen-bond donors (Lipinski definition) is 1. The minimum absolute atomic E-state index is 0.366. The SMILES string of the molecule is CC(C)CC(=O)N1CCC2(CCNCC2)C1. The van der Waals surface area contributed by atoms with Gasteiger partial charge in [0.05, 0.1) is 0 Å². The Balaban J connectivity index is 1.89. The van der Waals surface area contributed by atoms with E-state index in [0.29, 0.717) is 23.7 Å². The minimum Gasteiger partial charge on any atom is -0.342 e. The van der Waals surface area contributed by atoms with E-state index in [1.807, 2.05) is 0 Å². The maximum Gasteiger partial charge on any atom is 0.222 e. The van der Waals surface area contributed by atoms with Crippen LogP contribution in [0.5, 0.6) is 0 Å². The van der Waals surface area contributed by atoms with Gasteiger partial charge in [-0.2, -0.15) is 0 Å². The molecule has 0 atom stereocenters. The quantitative estimate of drug-likeness (QED) is 0.773. The second-order valence-corrected chi connectivity index (χ2v) is 5.91. The maximum absolute atomic E-state index is 12.0. The highest BCUT2D eigenvalue weighted by atomic mass is 16.2. The van der Waals surface area contributed by atoms with Gasteiger partial charge in [0.25, 0.3) is 0 Å². The molecule has 0 aliphatic carbocycles. The van der Waals surface area contributed by atoms with Crippen LogP contribution < -0.4 is 5.32 Å². The average Bonchev–Trinajstić information content (AvgIpc) is 2.62. The molecular weight excluding hydrogens is 200 g/mol. The van der Waals surface area contributed by atoms with Gasteiger partial charge in [0.1, 0.15) is 0 Å². The second-order valence-electron chi connectivity index (χ2n) is 5.91. The van der Waals surface area contributed by atoms with Crippen molar-refractivity contribution < 1.29 is 4.79 Å². The summed E-state index contributed by atoms with van der Waals surface area (Å²) in [6.07, 6.45) is 4.43. The summed E-state index contributed by atoms with van der Waals surface area (Å²) in [6, 6.07) is 0. The van der Waals surface area contributed by atoms with Gasteiger partial charge in [0.15, 0.2) is 0 Å². The molecule has 0 aromatic heterocycles. The summed E-state index contributed by atoms with van der Waals surface area (Å²) in [5.41, 5.74) is 0.456. The molecule has 3 heteroatoms. The van der Waals surface area contributed by atoms with E-state index in [-0.39, 0.29) is 0 Å². The Kier molecular flexibility index (Phi) is 3.53. The number of carbonyl (C=O) groups is 1. The normalized spacial score (nSPS) is 24.3. The third kappa shape index (κ3) is 2.57. The minimum atomic E-state index is 0.366. The van der Waals surface area contributed by atoms with Gasteiger partial charge in [0, 0.05) is 19.5 Å². The molecule has 92 valence electrons. The summed E-state index contributed by atoms with van der Waals surface area (Å²) < 4.78 is 0. The number of hydrogen-bond acceptors (Lipinski definition) is 2. The Morgan fingerprint density at radius 1 is 1.31 bits per heavy atom. The first-order valence-corrected chi connectivity index (χ1v) is 6.60. The highest BCUT2D eigenvalue weighted by molar-refractivity contribution is 5.76. The van der Waals surface area contributed by atoms with Crippen LogP contribution >= 0.6 is 0 Å². The third-order valence-corrected chi connectivity index (χ3v) is 4.04. The molecule has 2 aliphatic heterocycles. The summed E-state index contributed by atoms with van der Waals surface area (Å²) in [4.78, 5) is 14.1. The molecule has 1 amide bonds. The lowest BCUT2D eigenvalue weighted by Crippen LogP contribution is -2.39. The second kappa shape index (κ2) is 4.74. The highest BCUT2D eigenvalue weighted by Crippen LogP contribution is 2.38. The highest BCUT2D eigenvalue weighted by Gasteiger charge is 2.40. The molecule has 0 saturated carbocycles. The number of nitrogens with one attached hydrogen (secondary N) is 1. The van der Waals surface area contributed by atoms with E-state index >= 15 is 0 Å². The van der Waals surface area contributed by atoms with Crippen molar-refractivity contribution in [1.82, 2.24) is 10.2 Å². The van der Waals surface area contributed by atoms with Crippen molar-refractivity contribution in [2.24, 2.45) is 11.3 Å². The molecule has 2 heterocycles. The molecule has 2 saturated heterocycles. The molecule has 0 aromatic rings. The largest absolute Gasteiger partial charge is 0.342 e. The van der Waals surface area contributed by atoms with Gasteiger partial charge >= 0.3 is 0 Å². The van der Waals surface area contributed by atoms with Gasteiger partial charge in [-0.1, -0.05) is 13.8 Å². The van der Waals surface area contributed by atoms with Gasteiger partial charge in [0.2, 0.25) is 5.91 Å². The van der Waals surface area contributed by atoms with Crippen molar-refractivity contribution in [3.05, 3.63) is 0 Å². The van der Waals surface area contributed by atoms with Crippen LogP contribution in [0.3, 0.4) is 0 Å². The zero-order valence-corrected chi connectivity index (χ0v) is 10.6. The number of likely N-dealkylation sites (tertiary alicyclic amines) is 1. The predicted molar refractivity (Wildman–Crippen MR) is 65.2 cm³/mol. The lowest BCUT2D eigenvalue weighted by Gasteiger charge is -2.33. The van der Waals surface area contributed by atoms with Crippen LogP contribution in [-0.4, -0.2) is 37.0 Å². The first-order chi connectivity index (χ1) is 7.61. The van der Waals surface area contributed by atoms with Gasteiger partial charge in [-0.05, 0) is 43.7 Å². The molecule has 0 unspecified atom stereocenters. The number of amides is 1. The summed E-state index contributed by atoms with van der Waals surface area (Å²) in [5, 5.41) is 3.41. The Hall–Kier alpha value is -0.570. The fourth-order valence-corrected chi connectivity index (χ4v) is 2.99. The van der Waals surface area contributed by atoms with Crippen LogP contribution in [0.2, 0.25) is 0 Å². The fraction of sp³-hybridized carbons (Fsp3) is 0.923. The van der Waals surface area contributed by atoms with Crippen molar-refractivity contribution >= 4 is 5.91 Å². The van der Waals surface area contributed by atoms with Gasteiger partial charge in [-0.3, -0.25) is 4.79 Å². The molecule has 0 aromatic carbocycles. The lowest BCUT2D eigenvalue weighted by atomic mass is 9.78. The molecule has 16 heavy (non-hydrogen) atoms. The monoisotopic (exact) mass is 224 g/mol. The van der Waals surface area contributed by atoms with Crippen LogP contribution in [0.1, 0.15) is 39.5 Å². The van der Waals surface area contributed by atoms with Crippen LogP contribution in [0.4, 0.5) is 0 Å². The number of rotatable bonds is 2. The van der Waals surface area contributed by atoms with Crippen molar-refractivity contribution in [3.8, 4) is 0 Å². The van der Waals surface area contributed by atoms with Crippen LogP contribution in [-0.2, 0) is 4.79 Å². The van der Waals surface area contributed by atoms with E-state index in [1.54, 1.807) is 0 Å². The van der Waals surface area contributed by atoms with E-state index < -0.39 is 0 Å². The molecule has 2 rings (SSSR count). The van der Waals surface area contributed by atoms with Gasteiger partial charge in [-0.15, -0.1) is 0 Å². The average molecular weight is 224 g/mol. The van der Waals surface area contributed by atoms with Crippen molar-refractivity contribution in [1.29, 1.82) is 0 Å². The molecular formula is C13H24N2O. The molecule has 2 fully saturated rings. The van der Waals surface area contributed by atoms with Crippen LogP contribution in [0, 0.1) is 11.3 Å². The fourth-order valence-electron chi connectivity index (χ4n) is 2.99. The molecule has 1 N–H and O–H groups in total. The summed E-state index contributed by atoms with van der Waals surface area (Å²) >= 11 is 0. The van der Waals surface area contributed by atoms with Crippen LogP contribution in [0.25, 0.3) is 0 Å². The maximum atomic E-state index is 12.0. The number of carbonyl (C=O) groups excluding carboxylic acids is 1. The Morgan fingerprint density at radius 2 is 2.00 bits per heavy atom. The Bertz CT molecular complexity index is 257. The molecule has 3 nitrogen and oxygen atoms in total. The predicted octanol–water partition coefficient (Wildman–Crippen LogP) is 1.63. The topological polar surface area (TPSA) is 32.3 Å². The van der Waals surface area contributed by atoms with Crippen molar-refractivity contribution in [2.75, 3.05) is 26.2 Å². The summed E-state index contributed by atoms with van der Waals surface area (Å²) in [7, 11) is 0. The summed E-state index contributed by atoms with van der Waals surface area (Å²) in [5.74, 6) is 0.850. The van der Waals surface area contributed by atoms with Crippen molar-refractivity contribution in [2.45, 2.75) is 39.5 Å². The number of piperidine rings is 1. The molecule has 1 spiro atoms. The van der Waals surface area contributed by atoms with E-state index in [2.05, 4.69) is 24.1 Å². The molecule has 0 radical (unpaired) electrons. The lowest BCUT2D eigenvalue weighted by molar-refractivity contribution is -0.131. The molecule has 2 aliphatic rings. The Labute approximate surface area is 98.6 Å². The number of nitrogens with zero attached hydrogens (tertiary/aromatic N) is 1. The Morgan fingerprint density at radius 3 is 2.62 bits per heavy atom.